The quantitative estimate of drug-likeness (QED) is 0.464. The average molecular weight is 274 g/mol. The van der Waals surface area contributed by atoms with Gasteiger partial charge in [0.05, 0.1) is 17.3 Å². The predicted octanol–water partition coefficient (Wildman–Crippen LogP) is 1.40. The monoisotopic (exact) mass is 274 g/mol. The SMILES string of the molecule is O=C(CSCCO)Nc1ccc(F)c([N+](=O)[O-])c1. The molecular weight excluding hydrogens is 263 g/mol. The van der Waals surface area contributed by atoms with Crippen molar-refractivity contribution in [3.63, 3.8) is 0 Å². The van der Waals surface area contributed by atoms with E-state index in [0.29, 0.717) is 5.75 Å². The van der Waals surface area contributed by atoms with Gasteiger partial charge in [0, 0.05) is 17.5 Å². The molecule has 0 saturated heterocycles. The first-order valence-corrected chi connectivity index (χ1v) is 6.12. The Morgan fingerprint density at radius 2 is 2.28 bits per heavy atom. The van der Waals surface area contributed by atoms with Crippen molar-refractivity contribution < 1.29 is 19.2 Å². The topological polar surface area (TPSA) is 92.5 Å². The minimum absolute atomic E-state index is 0.0278. The molecule has 1 amide bonds. The van der Waals surface area contributed by atoms with Crippen molar-refractivity contribution in [3.8, 4) is 0 Å². The zero-order valence-corrected chi connectivity index (χ0v) is 10.1. The third-order valence-electron chi connectivity index (χ3n) is 1.90. The molecule has 0 aliphatic carbocycles. The van der Waals surface area contributed by atoms with Crippen LogP contribution in [0.15, 0.2) is 18.2 Å². The Hall–Kier alpha value is -1.67. The highest BCUT2D eigenvalue weighted by molar-refractivity contribution is 7.99. The van der Waals surface area contributed by atoms with E-state index in [2.05, 4.69) is 5.32 Å². The maximum Gasteiger partial charge on any atom is 0.306 e. The number of nitrogens with one attached hydrogen (secondary N) is 1. The third-order valence-corrected chi connectivity index (χ3v) is 2.83. The summed E-state index contributed by atoms with van der Waals surface area (Å²) in [6.07, 6.45) is 0. The highest BCUT2D eigenvalue weighted by Gasteiger charge is 2.15. The van der Waals surface area contributed by atoms with Crippen molar-refractivity contribution in [2.24, 2.45) is 0 Å². The van der Waals surface area contributed by atoms with Crippen molar-refractivity contribution in [1.82, 2.24) is 0 Å². The smallest absolute Gasteiger partial charge is 0.306 e. The molecule has 1 aromatic carbocycles. The molecule has 2 N–H and O–H groups in total. The number of rotatable bonds is 6. The van der Waals surface area contributed by atoms with E-state index < -0.39 is 16.4 Å². The van der Waals surface area contributed by atoms with Crippen LogP contribution < -0.4 is 5.32 Å². The van der Waals surface area contributed by atoms with Crippen LogP contribution in [0.25, 0.3) is 0 Å². The van der Waals surface area contributed by atoms with Crippen LogP contribution in [0.4, 0.5) is 15.8 Å². The Bertz CT molecular complexity index is 456. The first-order chi connectivity index (χ1) is 8.54. The molecule has 6 nitrogen and oxygen atoms in total. The Morgan fingerprint density at radius 3 is 2.89 bits per heavy atom. The number of carbonyl (C=O) groups excluding carboxylic acids is 1. The number of hydrogen-bond donors (Lipinski definition) is 2. The molecule has 8 heteroatoms. The molecule has 0 radical (unpaired) electrons. The standard InChI is InChI=1S/C10H11FN2O4S/c11-8-2-1-7(5-9(8)13(16)17)12-10(15)6-18-4-3-14/h1-2,5,14H,3-4,6H2,(H,12,15). The van der Waals surface area contributed by atoms with Crippen molar-refractivity contribution >= 4 is 29.0 Å². The van der Waals surface area contributed by atoms with Gasteiger partial charge in [-0.05, 0) is 12.1 Å². The van der Waals surface area contributed by atoms with E-state index in [1.165, 1.54) is 17.8 Å². The summed E-state index contributed by atoms with van der Waals surface area (Å²) in [4.78, 5) is 21.0. The Morgan fingerprint density at radius 1 is 1.56 bits per heavy atom. The predicted molar refractivity (Wildman–Crippen MR) is 66.1 cm³/mol. The summed E-state index contributed by atoms with van der Waals surface area (Å²) in [5, 5.41) is 21.4. The lowest BCUT2D eigenvalue weighted by Crippen LogP contribution is -2.14. The fourth-order valence-corrected chi connectivity index (χ4v) is 1.69. The number of amides is 1. The fraction of sp³-hybridized carbons (Fsp3) is 0.300. The summed E-state index contributed by atoms with van der Waals surface area (Å²) in [5.41, 5.74) is -0.520. The molecule has 98 valence electrons. The molecular formula is C10H11FN2O4S. The van der Waals surface area contributed by atoms with Crippen LogP contribution in [-0.2, 0) is 4.79 Å². The number of aliphatic hydroxyl groups excluding tert-OH is 1. The minimum atomic E-state index is -0.951. The van der Waals surface area contributed by atoms with Gasteiger partial charge in [-0.2, -0.15) is 4.39 Å². The van der Waals surface area contributed by atoms with E-state index in [0.717, 1.165) is 12.1 Å². The molecule has 0 aromatic heterocycles. The summed E-state index contributed by atoms with van der Waals surface area (Å²) >= 11 is 1.22. The highest BCUT2D eigenvalue weighted by Crippen LogP contribution is 2.21. The summed E-state index contributed by atoms with van der Waals surface area (Å²) in [6, 6.07) is 3.13. The molecule has 0 aliphatic rings. The van der Waals surface area contributed by atoms with Crippen molar-refractivity contribution in [2.75, 3.05) is 23.4 Å². The molecule has 1 aromatic rings. The van der Waals surface area contributed by atoms with Crippen molar-refractivity contribution in [2.45, 2.75) is 0 Å². The van der Waals surface area contributed by atoms with Gasteiger partial charge in [0.25, 0.3) is 0 Å². The molecule has 0 aliphatic heterocycles. The van der Waals surface area contributed by atoms with E-state index >= 15 is 0 Å². The summed E-state index contributed by atoms with van der Waals surface area (Å²) < 4.78 is 13.0. The maximum absolute atomic E-state index is 13.0. The molecule has 0 bridgehead atoms. The lowest BCUT2D eigenvalue weighted by molar-refractivity contribution is -0.387. The first-order valence-electron chi connectivity index (χ1n) is 4.97. The number of nitrogens with zero attached hydrogens (tertiary/aromatic N) is 1. The van der Waals surface area contributed by atoms with Gasteiger partial charge in [0.2, 0.25) is 11.7 Å². The van der Waals surface area contributed by atoms with E-state index in [1.807, 2.05) is 0 Å². The van der Waals surface area contributed by atoms with Gasteiger partial charge < -0.3 is 10.4 Å². The molecule has 0 heterocycles. The third kappa shape index (κ3) is 4.30. The molecule has 0 fully saturated rings. The number of benzene rings is 1. The van der Waals surface area contributed by atoms with E-state index in [1.54, 1.807) is 0 Å². The van der Waals surface area contributed by atoms with Crippen LogP contribution in [-0.4, -0.2) is 34.0 Å². The Labute approximate surface area is 106 Å². The number of anilines is 1. The van der Waals surface area contributed by atoms with Crippen LogP contribution in [0.3, 0.4) is 0 Å². The van der Waals surface area contributed by atoms with Gasteiger partial charge in [0.1, 0.15) is 0 Å². The number of nitro groups is 1. The number of carbonyl (C=O) groups is 1. The summed E-state index contributed by atoms with van der Waals surface area (Å²) in [6.45, 7) is -0.0278. The Balaban J connectivity index is 2.65. The van der Waals surface area contributed by atoms with Gasteiger partial charge in [-0.25, -0.2) is 0 Å². The fourth-order valence-electron chi connectivity index (χ4n) is 1.16. The molecule has 0 spiro atoms. The van der Waals surface area contributed by atoms with Crippen molar-refractivity contribution in [1.29, 1.82) is 0 Å². The second kappa shape index (κ2) is 6.92. The van der Waals surface area contributed by atoms with E-state index in [-0.39, 0.29) is 24.0 Å². The average Bonchev–Trinajstić information content (AvgIpc) is 2.31. The Kier molecular flexibility index (Phi) is 5.53. The maximum atomic E-state index is 13.0. The molecule has 0 atom stereocenters. The lowest BCUT2D eigenvalue weighted by Gasteiger charge is -2.04. The summed E-state index contributed by atoms with van der Waals surface area (Å²) in [5.74, 6) is -0.773. The molecule has 18 heavy (non-hydrogen) atoms. The molecule has 0 unspecified atom stereocenters. The van der Waals surface area contributed by atoms with Crippen molar-refractivity contribution in [3.05, 3.63) is 34.1 Å². The lowest BCUT2D eigenvalue weighted by atomic mass is 10.2. The molecule has 0 saturated carbocycles. The molecule has 1 rings (SSSR count). The van der Waals surface area contributed by atoms with Crippen LogP contribution in [0.1, 0.15) is 0 Å². The van der Waals surface area contributed by atoms with Gasteiger partial charge in [-0.1, -0.05) is 0 Å². The van der Waals surface area contributed by atoms with Gasteiger partial charge in [-0.3, -0.25) is 14.9 Å². The minimum Gasteiger partial charge on any atom is -0.396 e. The zero-order valence-electron chi connectivity index (χ0n) is 9.26. The van der Waals surface area contributed by atoms with E-state index in [9.17, 15) is 19.3 Å². The van der Waals surface area contributed by atoms with Crippen LogP contribution in [0.2, 0.25) is 0 Å². The van der Waals surface area contributed by atoms with Gasteiger partial charge in [0.15, 0.2) is 0 Å². The largest absolute Gasteiger partial charge is 0.396 e. The van der Waals surface area contributed by atoms with Gasteiger partial charge >= 0.3 is 5.69 Å². The number of nitro benzene ring substituents is 1. The zero-order chi connectivity index (χ0) is 13.5. The number of hydrogen-bond acceptors (Lipinski definition) is 5. The second-order valence-corrected chi connectivity index (χ2v) is 4.35. The normalized spacial score (nSPS) is 10.1. The second-order valence-electron chi connectivity index (χ2n) is 3.25. The number of thioether (sulfide) groups is 1. The number of aliphatic hydroxyl groups is 1. The van der Waals surface area contributed by atoms with Crippen LogP contribution in [0.5, 0.6) is 0 Å². The summed E-state index contributed by atoms with van der Waals surface area (Å²) in [7, 11) is 0. The van der Waals surface area contributed by atoms with E-state index in [4.69, 9.17) is 5.11 Å². The highest BCUT2D eigenvalue weighted by atomic mass is 32.2. The first kappa shape index (κ1) is 14.4. The van der Waals surface area contributed by atoms with Crippen LogP contribution in [0, 0.1) is 15.9 Å². The van der Waals surface area contributed by atoms with Crippen LogP contribution >= 0.6 is 11.8 Å². The van der Waals surface area contributed by atoms with Gasteiger partial charge in [-0.15, -0.1) is 11.8 Å². The number of halogens is 1.